The highest BCUT2D eigenvalue weighted by atomic mass is 32.2. The smallest absolute Gasteiger partial charge is 0.326 e. The zero-order valence-electron chi connectivity index (χ0n) is 20.8. The molecule has 202 valence electrons. The van der Waals surface area contributed by atoms with E-state index in [0.717, 1.165) is 0 Å². The number of nitrogens with zero attached hydrogens (tertiary/aromatic N) is 1. The fraction of sp³-hybridized carbons (Fsp3) is 0.636. The van der Waals surface area contributed by atoms with Gasteiger partial charge >= 0.3 is 5.97 Å². The Labute approximate surface area is 214 Å². The zero-order chi connectivity index (χ0) is 27.3. The Bertz CT molecular complexity index is 882. The van der Waals surface area contributed by atoms with E-state index in [0.29, 0.717) is 17.9 Å². The lowest BCUT2D eigenvalue weighted by atomic mass is 9.97. The molecule has 0 aliphatic carbocycles. The fourth-order valence-electron chi connectivity index (χ4n) is 3.25. The molecule has 9 N–H and O–H groups in total. The van der Waals surface area contributed by atoms with E-state index < -0.39 is 53.8 Å². The van der Waals surface area contributed by atoms with Crippen molar-refractivity contribution in [3.8, 4) is 0 Å². The minimum Gasteiger partial charge on any atom is -0.480 e. The molecule has 36 heavy (non-hydrogen) atoms. The van der Waals surface area contributed by atoms with E-state index in [1.807, 2.05) is 13.2 Å². The number of carboxylic acid groups (broad SMARTS) is 1. The molecule has 0 aliphatic rings. The average Bonchev–Trinajstić information content (AvgIpc) is 3.35. The van der Waals surface area contributed by atoms with Crippen molar-refractivity contribution in [2.75, 3.05) is 12.0 Å². The minimum atomic E-state index is -1.24. The first-order valence-corrected chi connectivity index (χ1v) is 13.0. The summed E-state index contributed by atoms with van der Waals surface area (Å²) in [6.45, 7) is 3.59. The number of amides is 4. The largest absolute Gasteiger partial charge is 0.480 e. The van der Waals surface area contributed by atoms with E-state index in [1.165, 1.54) is 24.3 Å². The molecule has 0 aromatic carbocycles. The SMILES string of the molecule is CCC(C)C(NC(=O)C(CCSC)NC(=O)C(N)CCC(N)=O)C(=O)NC(Cc1cnc[nH]1)C(=O)O. The van der Waals surface area contributed by atoms with Gasteiger partial charge in [0.05, 0.1) is 12.4 Å². The van der Waals surface area contributed by atoms with E-state index in [-0.39, 0.29) is 31.6 Å². The first-order valence-electron chi connectivity index (χ1n) is 11.6. The Morgan fingerprint density at radius 3 is 2.28 bits per heavy atom. The van der Waals surface area contributed by atoms with Crippen molar-refractivity contribution in [1.29, 1.82) is 0 Å². The molecule has 1 aromatic rings. The molecule has 1 heterocycles. The standard InChI is InChI=1S/C22H37N7O6S/c1-4-12(2)18(21(33)28-16(22(34)35)9-13-10-25-11-26-13)29-20(32)15(7-8-36-3)27-19(31)14(23)5-6-17(24)30/h10-12,14-16,18H,4-9,23H2,1-3H3,(H2,24,30)(H,25,26)(H,27,31)(H,28,33)(H,29,32)(H,34,35). The maximum Gasteiger partial charge on any atom is 0.326 e. The van der Waals surface area contributed by atoms with Gasteiger partial charge in [0, 0.05) is 24.7 Å². The number of carbonyl (C=O) groups excluding carboxylic acids is 4. The van der Waals surface area contributed by atoms with Gasteiger partial charge < -0.3 is 37.5 Å². The Kier molecular flexibility index (Phi) is 13.5. The molecule has 0 fully saturated rings. The normalized spacial score (nSPS) is 15.1. The number of primary amides is 1. The third-order valence-corrected chi connectivity index (χ3v) is 6.31. The molecule has 14 heteroatoms. The number of nitrogens with one attached hydrogen (secondary N) is 4. The lowest BCUT2D eigenvalue weighted by Gasteiger charge is -2.28. The van der Waals surface area contributed by atoms with Crippen LogP contribution in [0.5, 0.6) is 0 Å². The van der Waals surface area contributed by atoms with Gasteiger partial charge in [0.2, 0.25) is 23.6 Å². The van der Waals surface area contributed by atoms with Gasteiger partial charge in [0.1, 0.15) is 18.1 Å². The second kappa shape index (κ2) is 15.8. The summed E-state index contributed by atoms with van der Waals surface area (Å²) in [6, 6.07) is -4.29. The number of aromatic amines is 1. The molecule has 5 unspecified atom stereocenters. The number of hydrogen-bond acceptors (Lipinski definition) is 8. The number of nitrogens with two attached hydrogens (primary N) is 2. The molecule has 1 rings (SSSR count). The van der Waals surface area contributed by atoms with Gasteiger partial charge in [-0.05, 0) is 30.8 Å². The molecule has 1 aromatic heterocycles. The summed E-state index contributed by atoms with van der Waals surface area (Å²) in [7, 11) is 0. The van der Waals surface area contributed by atoms with Gasteiger partial charge in [-0.2, -0.15) is 11.8 Å². The summed E-state index contributed by atoms with van der Waals surface area (Å²) in [5, 5.41) is 17.3. The molecule has 0 aliphatic heterocycles. The molecule has 13 nitrogen and oxygen atoms in total. The maximum absolute atomic E-state index is 13.1. The number of H-pyrrole nitrogens is 1. The number of imidazole rings is 1. The van der Waals surface area contributed by atoms with E-state index in [1.54, 1.807) is 6.92 Å². The summed E-state index contributed by atoms with van der Waals surface area (Å²) in [5.41, 5.74) is 11.4. The summed E-state index contributed by atoms with van der Waals surface area (Å²) in [5.74, 6) is -3.48. The number of rotatable bonds is 17. The summed E-state index contributed by atoms with van der Waals surface area (Å²) in [6.07, 6.45) is 5.45. The number of carbonyl (C=O) groups is 5. The monoisotopic (exact) mass is 527 g/mol. The van der Waals surface area contributed by atoms with Crippen molar-refractivity contribution in [1.82, 2.24) is 25.9 Å². The van der Waals surface area contributed by atoms with Crippen molar-refractivity contribution in [3.05, 3.63) is 18.2 Å². The highest BCUT2D eigenvalue weighted by Gasteiger charge is 2.32. The number of carboxylic acids is 1. The van der Waals surface area contributed by atoms with Gasteiger partial charge in [0.15, 0.2) is 0 Å². The summed E-state index contributed by atoms with van der Waals surface area (Å²) >= 11 is 1.47. The molecular weight excluding hydrogens is 490 g/mol. The van der Waals surface area contributed by atoms with Crippen molar-refractivity contribution in [2.45, 2.75) is 70.1 Å². The van der Waals surface area contributed by atoms with Gasteiger partial charge in [-0.15, -0.1) is 0 Å². The van der Waals surface area contributed by atoms with Crippen LogP contribution in [0, 0.1) is 5.92 Å². The van der Waals surface area contributed by atoms with E-state index in [4.69, 9.17) is 11.5 Å². The van der Waals surface area contributed by atoms with E-state index >= 15 is 0 Å². The van der Waals surface area contributed by atoms with Crippen LogP contribution in [0.2, 0.25) is 0 Å². The van der Waals surface area contributed by atoms with Crippen molar-refractivity contribution in [2.24, 2.45) is 17.4 Å². The van der Waals surface area contributed by atoms with Gasteiger partial charge in [-0.25, -0.2) is 9.78 Å². The topological polar surface area (TPSA) is 222 Å². The van der Waals surface area contributed by atoms with Crippen LogP contribution < -0.4 is 27.4 Å². The second-order valence-corrected chi connectivity index (χ2v) is 9.49. The fourth-order valence-corrected chi connectivity index (χ4v) is 3.72. The second-order valence-electron chi connectivity index (χ2n) is 8.51. The molecule has 4 amide bonds. The maximum atomic E-state index is 13.1. The highest BCUT2D eigenvalue weighted by Crippen LogP contribution is 2.11. The van der Waals surface area contributed by atoms with Gasteiger partial charge in [-0.3, -0.25) is 19.2 Å². The van der Waals surface area contributed by atoms with Crippen LogP contribution in [0.15, 0.2) is 12.5 Å². The third kappa shape index (κ3) is 10.6. The number of hydrogen-bond donors (Lipinski definition) is 7. The molecule has 0 saturated carbocycles. The van der Waals surface area contributed by atoms with Crippen molar-refractivity contribution >= 4 is 41.4 Å². The first-order chi connectivity index (χ1) is 17.0. The lowest BCUT2D eigenvalue weighted by Crippen LogP contribution is -2.59. The highest BCUT2D eigenvalue weighted by molar-refractivity contribution is 7.98. The third-order valence-electron chi connectivity index (χ3n) is 5.67. The average molecular weight is 528 g/mol. The van der Waals surface area contributed by atoms with Crippen molar-refractivity contribution in [3.63, 3.8) is 0 Å². The Hall–Kier alpha value is -3.13. The van der Waals surface area contributed by atoms with Crippen LogP contribution >= 0.6 is 11.8 Å². The molecule has 0 bridgehead atoms. The lowest BCUT2D eigenvalue weighted by molar-refractivity contribution is -0.142. The molecule has 0 saturated heterocycles. The minimum absolute atomic E-state index is 0.0160. The first kappa shape index (κ1) is 30.9. The summed E-state index contributed by atoms with van der Waals surface area (Å²) < 4.78 is 0. The molecule has 0 radical (unpaired) electrons. The molecule has 0 spiro atoms. The van der Waals surface area contributed by atoms with E-state index in [2.05, 4.69) is 25.9 Å². The van der Waals surface area contributed by atoms with Crippen LogP contribution in [0.1, 0.15) is 45.2 Å². The van der Waals surface area contributed by atoms with Crippen LogP contribution in [0.4, 0.5) is 0 Å². The quantitative estimate of drug-likeness (QED) is 0.130. The predicted octanol–water partition coefficient (Wildman–Crippen LogP) is -1.12. The van der Waals surface area contributed by atoms with Crippen LogP contribution in [0.25, 0.3) is 0 Å². The number of aliphatic carboxylic acids is 1. The zero-order valence-corrected chi connectivity index (χ0v) is 21.6. The summed E-state index contributed by atoms with van der Waals surface area (Å²) in [4.78, 5) is 68.0. The number of thioether (sulfide) groups is 1. The number of aromatic nitrogens is 2. The van der Waals surface area contributed by atoms with Crippen LogP contribution in [-0.4, -0.2) is 80.8 Å². The molecule has 5 atom stereocenters. The molecular formula is C22H37N7O6S. The predicted molar refractivity (Wildman–Crippen MR) is 135 cm³/mol. The van der Waals surface area contributed by atoms with E-state index in [9.17, 15) is 29.1 Å². The Morgan fingerprint density at radius 1 is 1.08 bits per heavy atom. The van der Waals surface area contributed by atoms with Gasteiger partial charge in [-0.1, -0.05) is 20.3 Å². The van der Waals surface area contributed by atoms with Crippen LogP contribution in [0.3, 0.4) is 0 Å². The Morgan fingerprint density at radius 2 is 1.75 bits per heavy atom. The van der Waals surface area contributed by atoms with Crippen molar-refractivity contribution < 1.29 is 29.1 Å². The van der Waals surface area contributed by atoms with Gasteiger partial charge in [0.25, 0.3) is 0 Å². The van der Waals surface area contributed by atoms with Crippen LogP contribution in [-0.2, 0) is 30.4 Å². The Balaban J connectivity index is 2.96.